The Morgan fingerprint density at radius 1 is 1.67 bits per heavy atom. The van der Waals surface area contributed by atoms with Gasteiger partial charge in [-0.05, 0) is 6.92 Å². The number of aryl methyl sites for hydroxylation is 1. The summed E-state index contributed by atoms with van der Waals surface area (Å²) >= 11 is 1.33. The normalized spacial score (nSPS) is 9.83. The van der Waals surface area contributed by atoms with E-state index in [9.17, 15) is 4.79 Å². The number of aromatic nitrogens is 2. The molecule has 0 aliphatic rings. The van der Waals surface area contributed by atoms with E-state index in [0.717, 1.165) is 5.01 Å². The second-order valence-corrected chi connectivity index (χ2v) is 3.29. The first-order valence-electron chi connectivity index (χ1n) is 3.31. The van der Waals surface area contributed by atoms with Crippen molar-refractivity contribution in [3.8, 4) is 0 Å². The van der Waals surface area contributed by atoms with Crippen molar-refractivity contribution in [1.82, 2.24) is 10.2 Å². The zero-order valence-electron chi connectivity index (χ0n) is 6.83. The molecule has 0 aromatic carbocycles. The van der Waals surface area contributed by atoms with Crippen LogP contribution in [0.2, 0.25) is 0 Å². The second kappa shape index (κ2) is 4.13. The SMILES string of the molecule is COCC(=O)Nc1nnc(C)s1. The maximum absolute atomic E-state index is 10.9. The molecule has 0 spiro atoms. The molecule has 0 atom stereocenters. The van der Waals surface area contributed by atoms with E-state index in [2.05, 4.69) is 20.3 Å². The molecule has 1 amide bonds. The molecule has 0 radical (unpaired) electrons. The lowest BCUT2D eigenvalue weighted by Gasteiger charge is -1.97. The standard InChI is InChI=1S/C6H9N3O2S/c1-4-8-9-6(12-4)7-5(10)3-11-2/h3H2,1-2H3,(H,7,9,10). The van der Waals surface area contributed by atoms with Crippen LogP contribution in [0.4, 0.5) is 5.13 Å². The molecule has 1 N–H and O–H groups in total. The summed E-state index contributed by atoms with van der Waals surface area (Å²) in [6.45, 7) is 1.86. The van der Waals surface area contributed by atoms with E-state index in [0.29, 0.717) is 5.13 Å². The summed E-state index contributed by atoms with van der Waals surface area (Å²) in [7, 11) is 1.46. The van der Waals surface area contributed by atoms with Gasteiger partial charge in [0.25, 0.3) is 5.91 Å². The fourth-order valence-electron chi connectivity index (χ4n) is 0.634. The molecule has 0 unspecified atom stereocenters. The zero-order valence-corrected chi connectivity index (χ0v) is 7.64. The first kappa shape index (κ1) is 9.08. The predicted octanol–water partition coefficient (Wildman–Crippen LogP) is 0.431. The lowest BCUT2D eigenvalue weighted by molar-refractivity contribution is -0.119. The van der Waals surface area contributed by atoms with Gasteiger partial charge in [-0.15, -0.1) is 10.2 Å². The summed E-state index contributed by atoms with van der Waals surface area (Å²) in [5, 5.41) is 11.3. The summed E-state index contributed by atoms with van der Waals surface area (Å²) in [6, 6.07) is 0. The number of ether oxygens (including phenoxy) is 1. The molecule has 1 rings (SSSR count). The summed E-state index contributed by atoms with van der Waals surface area (Å²) in [5.74, 6) is -0.214. The highest BCUT2D eigenvalue weighted by atomic mass is 32.1. The van der Waals surface area contributed by atoms with E-state index in [1.807, 2.05) is 6.92 Å². The van der Waals surface area contributed by atoms with Crippen molar-refractivity contribution in [2.45, 2.75) is 6.92 Å². The van der Waals surface area contributed by atoms with E-state index >= 15 is 0 Å². The first-order valence-corrected chi connectivity index (χ1v) is 4.13. The summed E-state index contributed by atoms with van der Waals surface area (Å²) in [6.07, 6.45) is 0. The Labute approximate surface area is 73.8 Å². The largest absolute Gasteiger partial charge is 0.375 e. The Bertz CT molecular complexity index is 274. The highest BCUT2D eigenvalue weighted by Gasteiger charge is 2.04. The van der Waals surface area contributed by atoms with Gasteiger partial charge in [0, 0.05) is 7.11 Å². The van der Waals surface area contributed by atoms with Crippen molar-refractivity contribution in [3.63, 3.8) is 0 Å². The smallest absolute Gasteiger partial charge is 0.252 e. The number of nitrogens with zero attached hydrogens (tertiary/aromatic N) is 2. The maximum Gasteiger partial charge on any atom is 0.252 e. The van der Waals surface area contributed by atoms with Gasteiger partial charge in [-0.3, -0.25) is 10.1 Å². The van der Waals surface area contributed by atoms with E-state index in [4.69, 9.17) is 0 Å². The number of hydrogen-bond donors (Lipinski definition) is 1. The fourth-order valence-corrected chi connectivity index (χ4v) is 1.24. The molecule has 0 saturated heterocycles. The quantitative estimate of drug-likeness (QED) is 0.745. The molecule has 0 bridgehead atoms. The molecule has 1 heterocycles. The monoisotopic (exact) mass is 187 g/mol. The number of rotatable bonds is 3. The molecule has 5 nitrogen and oxygen atoms in total. The van der Waals surface area contributed by atoms with Crippen molar-refractivity contribution in [1.29, 1.82) is 0 Å². The number of amides is 1. The fraction of sp³-hybridized carbons (Fsp3) is 0.500. The predicted molar refractivity (Wildman–Crippen MR) is 45.2 cm³/mol. The third kappa shape index (κ3) is 2.55. The van der Waals surface area contributed by atoms with Crippen LogP contribution in [0, 0.1) is 6.92 Å². The average molecular weight is 187 g/mol. The van der Waals surface area contributed by atoms with Gasteiger partial charge >= 0.3 is 0 Å². The minimum absolute atomic E-state index is 0.0403. The van der Waals surface area contributed by atoms with Crippen LogP contribution < -0.4 is 5.32 Å². The van der Waals surface area contributed by atoms with Crippen molar-refractivity contribution in [2.24, 2.45) is 0 Å². The zero-order chi connectivity index (χ0) is 8.97. The summed E-state index contributed by atoms with van der Waals surface area (Å²) < 4.78 is 4.63. The Hall–Kier alpha value is -1.01. The van der Waals surface area contributed by atoms with E-state index < -0.39 is 0 Å². The van der Waals surface area contributed by atoms with Crippen LogP contribution in [0.25, 0.3) is 0 Å². The van der Waals surface area contributed by atoms with E-state index in [1.165, 1.54) is 18.4 Å². The van der Waals surface area contributed by atoms with Gasteiger partial charge in [-0.25, -0.2) is 0 Å². The molecule has 1 aromatic rings. The molecule has 6 heteroatoms. The number of anilines is 1. The molecule has 0 saturated carbocycles. The van der Waals surface area contributed by atoms with Crippen LogP contribution in [-0.2, 0) is 9.53 Å². The third-order valence-corrected chi connectivity index (χ3v) is 1.80. The molecular weight excluding hydrogens is 178 g/mol. The van der Waals surface area contributed by atoms with E-state index in [-0.39, 0.29) is 12.5 Å². The van der Waals surface area contributed by atoms with Crippen LogP contribution in [-0.4, -0.2) is 29.8 Å². The molecule has 0 aliphatic heterocycles. The summed E-state index contributed by atoms with van der Waals surface area (Å²) in [4.78, 5) is 10.9. The van der Waals surface area contributed by atoms with Crippen LogP contribution in [0.15, 0.2) is 0 Å². The molecule has 66 valence electrons. The minimum atomic E-state index is -0.214. The molecule has 1 aromatic heterocycles. The van der Waals surface area contributed by atoms with Gasteiger partial charge in [-0.1, -0.05) is 11.3 Å². The number of nitrogens with one attached hydrogen (secondary N) is 1. The number of carbonyl (C=O) groups excluding carboxylic acids is 1. The Morgan fingerprint density at radius 3 is 2.92 bits per heavy atom. The van der Waals surface area contributed by atoms with Crippen LogP contribution >= 0.6 is 11.3 Å². The van der Waals surface area contributed by atoms with Gasteiger partial charge in [0.15, 0.2) is 0 Å². The Balaban J connectivity index is 2.46. The molecular formula is C6H9N3O2S. The number of carbonyl (C=O) groups is 1. The molecule has 12 heavy (non-hydrogen) atoms. The topological polar surface area (TPSA) is 64.1 Å². The van der Waals surface area contributed by atoms with Crippen molar-refractivity contribution < 1.29 is 9.53 Å². The lowest BCUT2D eigenvalue weighted by Crippen LogP contribution is -2.16. The Morgan fingerprint density at radius 2 is 2.42 bits per heavy atom. The van der Waals surface area contributed by atoms with Crippen LogP contribution in [0.1, 0.15) is 5.01 Å². The highest BCUT2D eigenvalue weighted by Crippen LogP contribution is 2.12. The first-order chi connectivity index (χ1) is 5.72. The van der Waals surface area contributed by atoms with Crippen molar-refractivity contribution in [2.75, 3.05) is 19.0 Å². The van der Waals surface area contributed by atoms with Gasteiger partial charge < -0.3 is 4.74 Å². The molecule has 0 fully saturated rings. The summed E-state index contributed by atoms with van der Waals surface area (Å²) in [5.41, 5.74) is 0. The van der Waals surface area contributed by atoms with Gasteiger partial charge in [-0.2, -0.15) is 0 Å². The van der Waals surface area contributed by atoms with Crippen LogP contribution in [0.3, 0.4) is 0 Å². The molecule has 0 aliphatic carbocycles. The van der Waals surface area contributed by atoms with Crippen molar-refractivity contribution in [3.05, 3.63) is 5.01 Å². The Kier molecular flexibility index (Phi) is 3.12. The van der Waals surface area contributed by atoms with E-state index in [1.54, 1.807) is 0 Å². The minimum Gasteiger partial charge on any atom is -0.375 e. The van der Waals surface area contributed by atoms with Crippen molar-refractivity contribution >= 4 is 22.4 Å². The van der Waals surface area contributed by atoms with Gasteiger partial charge in [0.1, 0.15) is 11.6 Å². The van der Waals surface area contributed by atoms with Crippen LogP contribution in [0.5, 0.6) is 0 Å². The number of methoxy groups -OCH3 is 1. The second-order valence-electron chi connectivity index (χ2n) is 2.11. The number of hydrogen-bond acceptors (Lipinski definition) is 5. The third-order valence-electron chi connectivity index (χ3n) is 1.05. The maximum atomic E-state index is 10.9. The van der Waals surface area contributed by atoms with Gasteiger partial charge in [0.05, 0.1) is 0 Å². The average Bonchev–Trinajstić information content (AvgIpc) is 2.36. The van der Waals surface area contributed by atoms with Gasteiger partial charge in [0.2, 0.25) is 5.13 Å². The lowest BCUT2D eigenvalue weighted by atomic mass is 10.6. The highest BCUT2D eigenvalue weighted by molar-refractivity contribution is 7.15.